The van der Waals surface area contributed by atoms with Gasteiger partial charge in [0.25, 0.3) is 5.91 Å². The van der Waals surface area contributed by atoms with E-state index in [-0.39, 0.29) is 22.4 Å². The standard InChI is InChI=1S/C22H15F2N5O2/c1-13-26-27-28-29(13)16-10-11-19(24)20(12-16)25-22(31)18-5-3-2-4-17(18)21(30)14-6-8-15(23)9-7-14/h2-12H,1H3,(H,25,31). The molecule has 4 rings (SSSR count). The minimum atomic E-state index is -0.671. The second-order valence-corrected chi connectivity index (χ2v) is 6.64. The summed E-state index contributed by atoms with van der Waals surface area (Å²) in [7, 11) is 0. The first-order valence-electron chi connectivity index (χ1n) is 9.19. The summed E-state index contributed by atoms with van der Waals surface area (Å²) in [6.07, 6.45) is 0. The predicted octanol–water partition coefficient (Wildman–Crippen LogP) is 3.73. The third-order valence-corrected chi connectivity index (χ3v) is 4.59. The Labute approximate surface area is 175 Å². The summed E-state index contributed by atoms with van der Waals surface area (Å²) in [5.41, 5.74) is 0.750. The smallest absolute Gasteiger partial charge is 0.256 e. The normalized spacial score (nSPS) is 10.7. The van der Waals surface area contributed by atoms with Gasteiger partial charge in [-0.15, -0.1) is 5.10 Å². The highest BCUT2D eigenvalue weighted by Gasteiger charge is 2.19. The zero-order valence-corrected chi connectivity index (χ0v) is 16.2. The number of nitrogens with zero attached hydrogens (tertiary/aromatic N) is 4. The summed E-state index contributed by atoms with van der Waals surface area (Å²) in [6, 6.07) is 15.2. The maximum absolute atomic E-state index is 14.4. The highest BCUT2D eigenvalue weighted by atomic mass is 19.1. The molecule has 0 radical (unpaired) electrons. The van der Waals surface area contributed by atoms with Gasteiger partial charge in [-0.1, -0.05) is 18.2 Å². The van der Waals surface area contributed by atoms with Gasteiger partial charge in [0.1, 0.15) is 11.6 Å². The number of nitrogens with one attached hydrogen (secondary N) is 1. The van der Waals surface area contributed by atoms with Crippen LogP contribution in [0.15, 0.2) is 66.7 Å². The fourth-order valence-electron chi connectivity index (χ4n) is 3.04. The van der Waals surface area contributed by atoms with Crippen molar-refractivity contribution in [3.05, 3.63) is 101 Å². The van der Waals surface area contributed by atoms with Crippen LogP contribution in [0.4, 0.5) is 14.5 Å². The highest BCUT2D eigenvalue weighted by molar-refractivity contribution is 6.17. The average molecular weight is 419 g/mol. The van der Waals surface area contributed by atoms with Crippen LogP contribution in [0.2, 0.25) is 0 Å². The van der Waals surface area contributed by atoms with Crippen molar-refractivity contribution in [2.75, 3.05) is 5.32 Å². The number of rotatable bonds is 5. The Bertz CT molecular complexity index is 1290. The number of halogens is 2. The lowest BCUT2D eigenvalue weighted by Gasteiger charge is -2.12. The molecule has 9 heteroatoms. The summed E-state index contributed by atoms with van der Waals surface area (Å²) in [4.78, 5) is 25.8. The molecule has 1 amide bonds. The van der Waals surface area contributed by atoms with Crippen molar-refractivity contribution in [2.45, 2.75) is 6.92 Å². The predicted molar refractivity (Wildman–Crippen MR) is 108 cm³/mol. The van der Waals surface area contributed by atoms with Crippen molar-refractivity contribution in [1.82, 2.24) is 20.2 Å². The first-order chi connectivity index (χ1) is 14.9. The second kappa shape index (κ2) is 8.23. The first kappa shape index (κ1) is 20.0. The van der Waals surface area contributed by atoms with Gasteiger partial charge in [0.05, 0.1) is 16.9 Å². The Balaban J connectivity index is 1.65. The van der Waals surface area contributed by atoms with Gasteiger partial charge < -0.3 is 5.32 Å². The number of tetrazole rings is 1. The van der Waals surface area contributed by atoms with Gasteiger partial charge in [-0.2, -0.15) is 4.68 Å². The van der Waals surface area contributed by atoms with Crippen molar-refractivity contribution in [3.63, 3.8) is 0 Å². The van der Waals surface area contributed by atoms with Crippen molar-refractivity contribution < 1.29 is 18.4 Å². The largest absolute Gasteiger partial charge is 0.319 e. The number of ketones is 1. The molecular formula is C22H15F2N5O2. The zero-order valence-electron chi connectivity index (χ0n) is 16.2. The Kier molecular flexibility index (Phi) is 5.31. The van der Waals surface area contributed by atoms with E-state index in [1.54, 1.807) is 19.1 Å². The molecule has 4 aromatic rings. The molecule has 0 aliphatic heterocycles. The van der Waals surface area contributed by atoms with Gasteiger partial charge in [0.2, 0.25) is 0 Å². The van der Waals surface area contributed by atoms with E-state index in [2.05, 4.69) is 20.8 Å². The van der Waals surface area contributed by atoms with Gasteiger partial charge in [-0.05, 0) is 65.9 Å². The highest BCUT2D eigenvalue weighted by Crippen LogP contribution is 2.22. The summed E-state index contributed by atoms with van der Waals surface area (Å²) in [6.45, 7) is 1.68. The van der Waals surface area contributed by atoms with Crippen LogP contribution >= 0.6 is 0 Å². The number of anilines is 1. The molecule has 1 aromatic heterocycles. The number of aromatic nitrogens is 4. The lowest BCUT2D eigenvalue weighted by Crippen LogP contribution is -2.18. The number of aryl methyl sites for hydroxylation is 1. The first-order valence-corrected chi connectivity index (χ1v) is 9.19. The molecule has 1 N–H and O–H groups in total. The van der Waals surface area contributed by atoms with E-state index in [1.807, 2.05) is 0 Å². The van der Waals surface area contributed by atoms with E-state index < -0.39 is 23.3 Å². The molecular weight excluding hydrogens is 404 g/mol. The van der Waals surface area contributed by atoms with Crippen LogP contribution in [0.1, 0.15) is 32.1 Å². The molecule has 0 fully saturated rings. The second-order valence-electron chi connectivity index (χ2n) is 6.64. The van der Waals surface area contributed by atoms with Gasteiger partial charge in [-0.3, -0.25) is 9.59 Å². The maximum atomic E-state index is 14.4. The van der Waals surface area contributed by atoms with Crippen LogP contribution in [-0.2, 0) is 0 Å². The quantitative estimate of drug-likeness (QED) is 0.498. The zero-order chi connectivity index (χ0) is 22.0. The van der Waals surface area contributed by atoms with Gasteiger partial charge in [0, 0.05) is 11.1 Å². The molecule has 0 unspecified atom stereocenters. The molecule has 154 valence electrons. The van der Waals surface area contributed by atoms with Crippen molar-refractivity contribution in [1.29, 1.82) is 0 Å². The number of carbonyl (C=O) groups is 2. The topological polar surface area (TPSA) is 89.8 Å². The summed E-state index contributed by atoms with van der Waals surface area (Å²) < 4.78 is 28.9. The fourth-order valence-corrected chi connectivity index (χ4v) is 3.04. The van der Waals surface area contributed by atoms with Crippen LogP contribution in [0, 0.1) is 18.6 Å². The number of hydrogen-bond acceptors (Lipinski definition) is 5. The fraction of sp³-hybridized carbons (Fsp3) is 0.0455. The van der Waals surface area contributed by atoms with E-state index >= 15 is 0 Å². The van der Waals surface area contributed by atoms with Crippen LogP contribution in [-0.4, -0.2) is 31.9 Å². The summed E-state index contributed by atoms with van der Waals surface area (Å²) >= 11 is 0. The van der Waals surface area contributed by atoms with E-state index in [1.165, 1.54) is 47.1 Å². The Morgan fingerprint density at radius 3 is 2.32 bits per heavy atom. The summed E-state index contributed by atoms with van der Waals surface area (Å²) in [5, 5.41) is 13.6. The number of amides is 1. The van der Waals surface area contributed by atoms with Crippen LogP contribution in [0.5, 0.6) is 0 Å². The molecule has 7 nitrogen and oxygen atoms in total. The Hall–Kier alpha value is -4.27. The third-order valence-electron chi connectivity index (χ3n) is 4.59. The minimum absolute atomic E-state index is 0.0558. The molecule has 0 saturated carbocycles. The molecule has 31 heavy (non-hydrogen) atoms. The molecule has 0 bridgehead atoms. The molecule has 0 saturated heterocycles. The van der Waals surface area contributed by atoms with Crippen LogP contribution in [0.3, 0.4) is 0 Å². The lowest BCUT2D eigenvalue weighted by atomic mass is 9.98. The van der Waals surface area contributed by atoms with Crippen LogP contribution in [0.25, 0.3) is 5.69 Å². The Morgan fingerprint density at radius 1 is 0.935 bits per heavy atom. The van der Waals surface area contributed by atoms with Gasteiger partial charge >= 0.3 is 0 Å². The molecule has 0 aliphatic carbocycles. The van der Waals surface area contributed by atoms with Gasteiger partial charge in [-0.25, -0.2) is 8.78 Å². The SMILES string of the molecule is Cc1nnnn1-c1ccc(F)c(NC(=O)c2ccccc2C(=O)c2ccc(F)cc2)c1. The van der Waals surface area contributed by atoms with E-state index in [9.17, 15) is 18.4 Å². The molecule has 0 atom stereocenters. The van der Waals surface area contributed by atoms with Crippen molar-refractivity contribution >= 4 is 17.4 Å². The maximum Gasteiger partial charge on any atom is 0.256 e. The van der Waals surface area contributed by atoms with E-state index in [0.717, 1.165) is 12.1 Å². The molecule has 0 aliphatic rings. The van der Waals surface area contributed by atoms with E-state index in [0.29, 0.717) is 11.5 Å². The molecule has 3 aromatic carbocycles. The Morgan fingerprint density at radius 2 is 1.65 bits per heavy atom. The third kappa shape index (κ3) is 4.06. The van der Waals surface area contributed by atoms with Crippen molar-refractivity contribution in [3.8, 4) is 5.69 Å². The number of carbonyl (C=O) groups excluding carboxylic acids is 2. The lowest BCUT2D eigenvalue weighted by molar-refractivity contribution is 0.0996. The molecule has 1 heterocycles. The number of benzene rings is 3. The van der Waals surface area contributed by atoms with Gasteiger partial charge in [0.15, 0.2) is 11.6 Å². The van der Waals surface area contributed by atoms with E-state index in [4.69, 9.17) is 0 Å². The molecule has 0 spiro atoms. The monoisotopic (exact) mass is 419 g/mol. The van der Waals surface area contributed by atoms with Crippen LogP contribution < -0.4 is 5.32 Å². The minimum Gasteiger partial charge on any atom is -0.319 e. The number of hydrogen-bond donors (Lipinski definition) is 1. The average Bonchev–Trinajstić information content (AvgIpc) is 3.21. The van der Waals surface area contributed by atoms with Crippen molar-refractivity contribution in [2.24, 2.45) is 0 Å². The summed E-state index contributed by atoms with van der Waals surface area (Å²) in [5.74, 6) is -1.78.